The number of carbonyl (C=O) groups is 2. The van der Waals surface area contributed by atoms with Crippen LogP contribution in [0.2, 0.25) is 0 Å². The average molecular weight is 363 g/mol. The molecule has 1 aromatic rings. The molecule has 0 radical (unpaired) electrons. The highest BCUT2D eigenvalue weighted by atomic mass is 16.6. The van der Waals surface area contributed by atoms with E-state index < -0.39 is 10.8 Å². The zero-order valence-corrected chi connectivity index (χ0v) is 15.1. The van der Waals surface area contributed by atoms with Crippen LogP contribution in [0.3, 0.4) is 0 Å². The van der Waals surface area contributed by atoms with Gasteiger partial charge in [0.15, 0.2) is 0 Å². The van der Waals surface area contributed by atoms with Crippen LogP contribution >= 0.6 is 0 Å². The molecule has 1 aliphatic rings. The number of carbonyl (C=O) groups excluding carboxylic acids is 2. The first kappa shape index (κ1) is 19.6. The maximum absolute atomic E-state index is 12.0. The van der Waals surface area contributed by atoms with Gasteiger partial charge in [0.1, 0.15) is 5.69 Å². The molecular weight excluding hydrogens is 338 g/mol. The van der Waals surface area contributed by atoms with E-state index >= 15 is 0 Å². The van der Waals surface area contributed by atoms with Crippen LogP contribution < -0.4 is 16.0 Å². The van der Waals surface area contributed by atoms with Crippen molar-refractivity contribution in [1.82, 2.24) is 10.2 Å². The molecule has 3 N–H and O–H groups in total. The minimum atomic E-state index is -0.697. The maximum atomic E-state index is 12.0. The number of rotatable bonds is 7. The van der Waals surface area contributed by atoms with Crippen molar-refractivity contribution in [2.45, 2.75) is 26.3 Å². The van der Waals surface area contributed by atoms with Crippen molar-refractivity contribution in [2.24, 2.45) is 5.73 Å². The van der Waals surface area contributed by atoms with Gasteiger partial charge in [-0.15, -0.1) is 0 Å². The Kier molecular flexibility index (Phi) is 6.51. The van der Waals surface area contributed by atoms with Gasteiger partial charge in [0.25, 0.3) is 5.69 Å². The highest BCUT2D eigenvalue weighted by Gasteiger charge is 2.25. The number of anilines is 1. The summed E-state index contributed by atoms with van der Waals surface area (Å²) in [6, 6.07) is 4.42. The van der Waals surface area contributed by atoms with Crippen LogP contribution in [0.1, 0.15) is 30.6 Å². The first-order valence-corrected chi connectivity index (χ1v) is 8.66. The highest BCUT2D eigenvalue weighted by Crippen LogP contribution is 2.30. The fourth-order valence-corrected chi connectivity index (χ4v) is 2.86. The second-order valence-electron chi connectivity index (χ2n) is 6.46. The number of hydrogen-bond acceptors (Lipinski definition) is 6. The van der Waals surface area contributed by atoms with Crippen LogP contribution in [-0.4, -0.2) is 60.4 Å². The molecule has 1 fully saturated rings. The van der Waals surface area contributed by atoms with Crippen LogP contribution in [0.4, 0.5) is 11.4 Å². The highest BCUT2D eigenvalue weighted by molar-refractivity contribution is 5.94. The number of hydrogen-bond donors (Lipinski definition) is 2. The number of nitro groups is 1. The van der Waals surface area contributed by atoms with Gasteiger partial charge in [0.2, 0.25) is 11.8 Å². The normalized spacial score (nSPS) is 16.2. The third-order valence-corrected chi connectivity index (χ3v) is 4.56. The summed E-state index contributed by atoms with van der Waals surface area (Å²) in [6.07, 6.45) is 0.879. The van der Waals surface area contributed by atoms with E-state index in [0.717, 1.165) is 6.42 Å². The zero-order chi connectivity index (χ0) is 19.3. The quantitative estimate of drug-likeness (QED) is 0.544. The molecule has 0 bridgehead atoms. The molecule has 1 saturated heterocycles. The SMILES string of the molecule is CC[C@H](C)NC(=O)CN1CCN(c2ccc(C(N)=O)cc2[N+](=O)[O-])CC1. The third-order valence-electron chi connectivity index (χ3n) is 4.56. The Morgan fingerprint density at radius 1 is 1.31 bits per heavy atom. The minimum absolute atomic E-state index is 0.00964. The number of primary amides is 1. The summed E-state index contributed by atoms with van der Waals surface area (Å²) in [4.78, 5) is 38.0. The van der Waals surface area contributed by atoms with E-state index in [9.17, 15) is 19.7 Å². The summed E-state index contributed by atoms with van der Waals surface area (Å²) in [5, 5.41) is 14.3. The van der Waals surface area contributed by atoms with Crippen LogP contribution in [0.5, 0.6) is 0 Å². The van der Waals surface area contributed by atoms with Gasteiger partial charge in [-0.25, -0.2) is 0 Å². The van der Waals surface area contributed by atoms with Gasteiger partial charge >= 0.3 is 0 Å². The number of nitrogens with one attached hydrogen (secondary N) is 1. The molecule has 1 heterocycles. The van der Waals surface area contributed by atoms with Gasteiger partial charge in [-0.1, -0.05) is 6.92 Å². The lowest BCUT2D eigenvalue weighted by Gasteiger charge is -2.35. The number of nitrogens with zero attached hydrogens (tertiary/aromatic N) is 3. The van der Waals surface area contributed by atoms with Gasteiger partial charge in [-0.05, 0) is 25.5 Å². The summed E-state index contributed by atoms with van der Waals surface area (Å²) in [5.41, 5.74) is 5.64. The summed E-state index contributed by atoms with van der Waals surface area (Å²) >= 11 is 0. The van der Waals surface area contributed by atoms with Gasteiger partial charge in [-0.2, -0.15) is 0 Å². The van der Waals surface area contributed by atoms with Crippen LogP contribution in [0.15, 0.2) is 18.2 Å². The molecule has 0 aliphatic carbocycles. The molecule has 0 unspecified atom stereocenters. The van der Waals surface area contributed by atoms with E-state index in [1.54, 1.807) is 6.07 Å². The largest absolute Gasteiger partial charge is 0.366 e. The molecule has 1 aromatic carbocycles. The Morgan fingerprint density at radius 3 is 2.50 bits per heavy atom. The Bertz CT molecular complexity index is 686. The van der Waals surface area contributed by atoms with Crippen LogP contribution in [0, 0.1) is 10.1 Å². The van der Waals surface area contributed by atoms with E-state index in [1.165, 1.54) is 12.1 Å². The molecule has 2 amide bonds. The van der Waals surface area contributed by atoms with Gasteiger partial charge < -0.3 is 16.0 Å². The molecule has 0 spiro atoms. The number of amides is 2. The number of nitrogens with two attached hydrogens (primary N) is 1. The smallest absolute Gasteiger partial charge is 0.293 e. The molecule has 0 saturated carbocycles. The van der Waals surface area contributed by atoms with E-state index in [1.807, 2.05) is 23.6 Å². The van der Waals surface area contributed by atoms with E-state index in [4.69, 9.17) is 5.73 Å². The summed E-state index contributed by atoms with van der Waals surface area (Å²) in [5.74, 6) is -0.707. The lowest BCUT2D eigenvalue weighted by atomic mass is 10.1. The summed E-state index contributed by atoms with van der Waals surface area (Å²) < 4.78 is 0. The Morgan fingerprint density at radius 2 is 1.96 bits per heavy atom. The monoisotopic (exact) mass is 363 g/mol. The molecule has 1 atom stereocenters. The number of nitro benzene ring substituents is 1. The first-order valence-electron chi connectivity index (χ1n) is 8.66. The fraction of sp³-hybridized carbons (Fsp3) is 0.529. The molecule has 142 valence electrons. The first-order chi connectivity index (χ1) is 12.3. The maximum Gasteiger partial charge on any atom is 0.293 e. The second-order valence-corrected chi connectivity index (χ2v) is 6.46. The Hall–Kier alpha value is -2.68. The predicted molar refractivity (Wildman–Crippen MR) is 98.2 cm³/mol. The number of piperazine rings is 1. The average Bonchev–Trinajstić information content (AvgIpc) is 2.61. The van der Waals surface area contributed by atoms with Crippen molar-refractivity contribution in [3.05, 3.63) is 33.9 Å². The minimum Gasteiger partial charge on any atom is -0.366 e. The summed E-state index contributed by atoms with van der Waals surface area (Å²) in [6.45, 7) is 6.68. The van der Waals surface area contributed by atoms with Crippen LogP contribution in [-0.2, 0) is 4.79 Å². The fourth-order valence-electron chi connectivity index (χ4n) is 2.86. The standard InChI is InChI=1S/C17H25N5O4/c1-3-12(2)19-16(23)11-20-6-8-21(9-7-20)14-5-4-13(17(18)24)10-15(14)22(25)26/h4-5,10,12H,3,6-9,11H2,1-2H3,(H2,18,24)(H,19,23)/t12-/m0/s1. The lowest BCUT2D eigenvalue weighted by Crippen LogP contribution is -2.50. The van der Waals surface area contributed by atoms with Gasteiger partial charge in [-0.3, -0.25) is 24.6 Å². The third kappa shape index (κ3) is 4.92. The van der Waals surface area contributed by atoms with E-state index in [0.29, 0.717) is 38.4 Å². The molecule has 9 heteroatoms. The number of benzene rings is 1. The zero-order valence-electron chi connectivity index (χ0n) is 15.1. The summed E-state index contributed by atoms with van der Waals surface area (Å²) in [7, 11) is 0. The van der Waals surface area contributed by atoms with Gasteiger partial charge in [0.05, 0.1) is 11.5 Å². The topological polar surface area (TPSA) is 122 Å². The van der Waals surface area contributed by atoms with E-state index in [2.05, 4.69) is 5.32 Å². The van der Waals surface area contributed by atoms with Crippen molar-refractivity contribution in [1.29, 1.82) is 0 Å². The molecule has 9 nitrogen and oxygen atoms in total. The van der Waals surface area contributed by atoms with Crippen molar-refractivity contribution >= 4 is 23.2 Å². The molecule has 1 aliphatic heterocycles. The van der Waals surface area contributed by atoms with Crippen LogP contribution in [0.25, 0.3) is 0 Å². The second kappa shape index (κ2) is 8.61. The molecule has 2 rings (SSSR count). The van der Waals surface area contributed by atoms with Crippen molar-refractivity contribution < 1.29 is 14.5 Å². The van der Waals surface area contributed by atoms with Crippen molar-refractivity contribution in [3.8, 4) is 0 Å². The van der Waals surface area contributed by atoms with Crippen molar-refractivity contribution in [2.75, 3.05) is 37.6 Å². The van der Waals surface area contributed by atoms with Gasteiger partial charge in [0, 0.05) is 43.9 Å². The molecule has 26 heavy (non-hydrogen) atoms. The Balaban J connectivity index is 2.00. The van der Waals surface area contributed by atoms with Crippen molar-refractivity contribution in [3.63, 3.8) is 0 Å². The predicted octanol–water partition coefficient (Wildman–Crippen LogP) is 0.730. The molecule has 0 aromatic heterocycles. The Labute approximate surface area is 152 Å². The van der Waals surface area contributed by atoms with E-state index in [-0.39, 0.29) is 23.2 Å². The molecular formula is C17H25N5O4. The lowest BCUT2D eigenvalue weighted by molar-refractivity contribution is -0.384.